The van der Waals surface area contributed by atoms with E-state index >= 15 is 0 Å². The number of imide groups is 1. The van der Waals surface area contributed by atoms with Gasteiger partial charge >= 0.3 is 6.03 Å². The van der Waals surface area contributed by atoms with Crippen molar-refractivity contribution >= 4 is 45.9 Å². The number of hydrogen-bond acceptors (Lipinski definition) is 5. The fourth-order valence-electron chi connectivity index (χ4n) is 3.25. The molecule has 1 aliphatic heterocycles. The summed E-state index contributed by atoms with van der Waals surface area (Å²) >= 11 is 0. The van der Waals surface area contributed by atoms with Crippen molar-refractivity contribution in [3.8, 4) is 0 Å². The summed E-state index contributed by atoms with van der Waals surface area (Å²) in [5, 5.41) is 9.59. The molecule has 9 nitrogen and oxygen atoms in total. The van der Waals surface area contributed by atoms with Crippen molar-refractivity contribution in [1.82, 2.24) is 15.2 Å². The average Bonchev–Trinajstić information content (AvgIpc) is 3.10. The number of amides is 5. The van der Waals surface area contributed by atoms with Crippen LogP contribution < -0.4 is 16.0 Å². The van der Waals surface area contributed by atoms with E-state index < -0.39 is 6.03 Å². The minimum atomic E-state index is -0.487. The summed E-state index contributed by atoms with van der Waals surface area (Å²) in [5.74, 6) is -1.01. The number of nitrogens with zero attached hydrogens (tertiary/aromatic N) is 2. The van der Waals surface area contributed by atoms with Crippen molar-refractivity contribution in [3.63, 3.8) is 0 Å². The molecule has 0 spiro atoms. The maximum atomic E-state index is 12.6. The molecule has 0 bridgehead atoms. The van der Waals surface area contributed by atoms with Gasteiger partial charge in [-0.2, -0.15) is 0 Å². The number of hydrogen-bond donors (Lipinski definition) is 3. The van der Waals surface area contributed by atoms with E-state index in [-0.39, 0.29) is 37.2 Å². The van der Waals surface area contributed by atoms with E-state index in [4.69, 9.17) is 0 Å². The highest BCUT2D eigenvalue weighted by Gasteiger charge is 2.28. The summed E-state index contributed by atoms with van der Waals surface area (Å²) < 4.78 is 0. The van der Waals surface area contributed by atoms with Gasteiger partial charge in [-0.3, -0.25) is 24.3 Å². The molecular weight excluding hydrogens is 398 g/mol. The molecule has 0 atom stereocenters. The van der Waals surface area contributed by atoms with Crippen molar-refractivity contribution in [2.75, 3.05) is 23.7 Å². The maximum Gasteiger partial charge on any atom is 0.324 e. The Kier molecular flexibility index (Phi) is 5.57. The lowest BCUT2D eigenvalue weighted by Crippen LogP contribution is -2.33. The molecule has 0 radical (unpaired) electrons. The predicted molar refractivity (Wildman–Crippen MR) is 114 cm³/mol. The number of pyridine rings is 1. The van der Waals surface area contributed by atoms with E-state index in [1.165, 1.54) is 0 Å². The van der Waals surface area contributed by atoms with Gasteiger partial charge in [-0.05, 0) is 35.7 Å². The number of nitrogens with one attached hydrogen (secondary N) is 3. The second-order valence-electron chi connectivity index (χ2n) is 6.91. The molecule has 3 aromatic rings. The Morgan fingerprint density at radius 2 is 1.68 bits per heavy atom. The van der Waals surface area contributed by atoms with Crippen LogP contribution in [0.4, 0.5) is 16.2 Å². The zero-order chi connectivity index (χ0) is 21.8. The Labute approximate surface area is 177 Å². The van der Waals surface area contributed by atoms with Crippen molar-refractivity contribution < 1.29 is 19.2 Å². The van der Waals surface area contributed by atoms with Crippen LogP contribution in [0.25, 0.3) is 10.8 Å². The Bertz CT molecular complexity index is 1150. The summed E-state index contributed by atoms with van der Waals surface area (Å²) in [4.78, 5) is 53.0. The van der Waals surface area contributed by atoms with Crippen LogP contribution in [0.5, 0.6) is 0 Å². The number of fused-ring (bicyclic) bond motifs is 1. The second-order valence-corrected chi connectivity index (χ2v) is 6.91. The Morgan fingerprint density at radius 1 is 0.968 bits per heavy atom. The number of benzene rings is 2. The van der Waals surface area contributed by atoms with Gasteiger partial charge in [0.2, 0.25) is 11.8 Å². The number of carbonyl (C=O) groups is 4. The SMILES string of the molecule is O=C(CCN1C(=O)CNC1=O)Nc1ccc(NC(=O)c2nccc3ccccc23)cc1. The Hall–Kier alpha value is -4.27. The van der Waals surface area contributed by atoms with Crippen molar-refractivity contribution in [3.05, 3.63) is 66.5 Å². The van der Waals surface area contributed by atoms with Crippen LogP contribution >= 0.6 is 0 Å². The van der Waals surface area contributed by atoms with E-state index in [0.717, 1.165) is 15.7 Å². The molecule has 0 saturated carbocycles. The van der Waals surface area contributed by atoms with Gasteiger partial charge in [0, 0.05) is 35.9 Å². The molecule has 1 saturated heterocycles. The molecule has 1 aliphatic rings. The summed E-state index contributed by atoms with van der Waals surface area (Å²) in [6, 6.07) is 15.5. The van der Waals surface area contributed by atoms with Crippen LogP contribution in [-0.4, -0.2) is 46.7 Å². The topological polar surface area (TPSA) is 121 Å². The van der Waals surface area contributed by atoms with Crippen LogP contribution in [-0.2, 0) is 9.59 Å². The largest absolute Gasteiger partial charge is 0.329 e. The lowest BCUT2D eigenvalue weighted by atomic mass is 10.1. The van der Waals surface area contributed by atoms with Gasteiger partial charge in [-0.25, -0.2) is 4.79 Å². The smallest absolute Gasteiger partial charge is 0.324 e. The van der Waals surface area contributed by atoms with E-state index in [1.54, 1.807) is 30.5 Å². The minimum absolute atomic E-state index is 0.00953. The van der Waals surface area contributed by atoms with E-state index in [0.29, 0.717) is 17.1 Å². The zero-order valence-electron chi connectivity index (χ0n) is 16.4. The fourth-order valence-corrected chi connectivity index (χ4v) is 3.25. The van der Waals surface area contributed by atoms with E-state index in [9.17, 15) is 19.2 Å². The molecule has 0 aliphatic carbocycles. The Morgan fingerprint density at radius 3 is 2.39 bits per heavy atom. The standard InChI is InChI=1S/C22H19N5O4/c28-18(10-12-27-19(29)13-24-22(27)31)25-15-5-7-16(8-6-15)26-21(30)20-17-4-2-1-3-14(17)9-11-23-20/h1-9,11H,10,12-13H2,(H,24,31)(H,25,28)(H,26,30). The maximum absolute atomic E-state index is 12.6. The van der Waals surface area contributed by atoms with E-state index in [2.05, 4.69) is 20.9 Å². The highest BCUT2D eigenvalue weighted by atomic mass is 16.2. The third-order valence-electron chi connectivity index (χ3n) is 4.81. The van der Waals surface area contributed by atoms with Crippen molar-refractivity contribution in [1.29, 1.82) is 0 Å². The van der Waals surface area contributed by atoms with Crippen LogP contribution in [0.1, 0.15) is 16.9 Å². The first-order chi connectivity index (χ1) is 15.0. The van der Waals surface area contributed by atoms with Gasteiger partial charge in [0.25, 0.3) is 5.91 Å². The number of carbonyl (C=O) groups excluding carboxylic acids is 4. The van der Waals surface area contributed by atoms with Crippen LogP contribution in [0.15, 0.2) is 60.8 Å². The molecule has 9 heteroatoms. The van der Waals surface area contributed by atoms with Crippen molar-refractivity contribution in [2.24, 2.45) is 0 Å². The number of rotatable bonds is 6. The molecule has 0 unspecified atom stereocenters. The first-order valence-electron chi connectivity index (χ1n) is 9.64. The quantitative estimate of drug-likeness (QED) is 0.532. The van der Waals surface area contributed by atoms with Crippen LogP contribution in [0.2, 0.25) is 0 Å². The molecular formula is C22H19N5O4. The van der Waals surface area contributed by atoms with Crippen LogP contribution in [0, 0.1) is 0 Å². The number of aromatic nitrogens is 1. The third-order valence-corrected chi connectivity index (χ3v) is 4.81. The highest BCUT2D eigenvalue weighted by Crippen LogP contribution is 2.19. The van der Waals surface area contributed by atoms with Gasteiger partial charge < -0.3 is 16.0 Å². The fraction of sp³-hybridized carbons (Fsp3) is 0.136. The molecule has 2 heterocycles. The molecule has 3 N–H and O–H groups in total. The normalized spacial score (nSPS) is 13.2. The van der Waals surface area contributed by atoms with Gasteiger partial charge in [0.05, 0.1) is 6.54 Å². The average molecular weight is 417 g/mol. The van der Waals surface area contributed by atoms with Gasteiger partial charge in [0.1, 0.15) is 5.69 Å². The lowest BCUT2D eigenvalue weighted by molar-refractivity contribution is -0.125. The molecule has 5 amide bonds. The first-order valence-corrected chi connectivity index (χ1v) is 9.64. The minimum Gasteiger partial charge on any atom is -0.329 e. The predicted octanol–water partition coefficient (Wildman–Crippen LogP) is 2.37. The number of urea groups is 1. The van der Waals surface area contributed by atoms with Gasteiger partial charge in [-0.15, -0.1) is 0 Å². The molecule has 156 valence electrons. The summed E-state index contributed by atoms with van der Waals surface area (Å²) in [6.07, 6.45) is 1.58. The lowest BCUT2D eigenvalue weighted by Gasteiger charge is -2.12. The molecule has 1 aromatic heterocycles. The van der Waals surface area contributed by atoms with E-state index in [1.807, 2.05) is 30.3 Å². The Balaban J connectivity index is 1.34. The summed E-state index contributed by atoms with van der Waals surface area (Å²) in [5.41, 5.74) is 1.41. The summed E-state index contributed by atoms with van der Waals surface area (Å²) in [6.45, 7) is -0.0232. The first kappa shape index (κ1) is 20.0. The zero-order valence-corrected chi connectivity index (χ0v) is 16.4. The molecule has 2 aromatic carbocycles. The molecule has 31 heavy (non-hydrogen) atoms. The second kappa shape index (κ2) is 8.62. The third kappa shape index (κ3) is 4.50. The number of anilines is 2. The van der Waals surface area contributed by atoms with Gasteiger partial charge in [0.15, 0.2) is 0 Å². The van der Waals surface area contributed by atoms with Gasteiger partial charge in [-0.1, -0.05) is 24.3 Å². The van der Waals surface area contributed by atoms with Crippen LogP contribution in [0.3, 0.4) is 0 Å². The molecule has 4 rings (SSSR count). The molecule has 1 fully saturated rings. The summed E-state index contributed by atoms with van der Waals surface area (Å²) in [7, 11) is 0. The highest BCUT2D eigenvalue weighted by molar-refractivity contribution is 6.11. The van der Waals surface area contributed by atoms with Crippen molar-refractivity contribution in [2.45, 2.75) is 6.42 Å². The monoisotopic (exact) mass is 417 g/mol.